The van der Waals surface area contributed by atoms with Crippen LogP contribution < -0.4 is 20.3 Å². The molecule has 3 heterocycles. The van der Waals surface area contributed by atoms with Crippen LogP contribution in [0.2, 0.25) is 0 Å². The summed E-state index contributed by atoms with van der Waals surface area (Å²) in [4.78, 5) is 24.6. The molecule has 194 valence electrons. The number of ether oxygens (including phenoxy) is 2. The first-order chi connectivity index (χ1) is 18.0. The Morgan fingerprint density at radius 1 is 1.00 bits per heavy atom. The van der Waals surface area contributed by atoms with Gasteiger partial charge in [-0.3, -0.25) is 4.79 Å². The fourth-order valence-corrected chi connectivity index (χ4v) is 4.68. The second-order valence-corrected chi connectivity index (χ2v) is 10.1. The minimum atomic E-state index is -0.638. The number of morpholine rings is 1. The van der Waals surface area contributed by atoms with E-state index in [1.807, 2.05) is 44.2 Å². The minimum absolute atomic E-state index is 0.207. The van der Waals surface area contributed by atoms with E-state index < -0.39 is 5.54 Å². The van der Waals surface area contributed by atoms with Gasteiger partial charge in [0.1, 0.15) is 5.75 Å². The molecule has 1 fully saturated rings. The average Bonchev–Trinajstić information content (AvgIpc) is 2.92. The summed E-state index contributed by atoms with van der Waals surface area (Å²) in [5, 5.41) is 6.90. The lowest BCUT2D eigenvalue weighted by atomic mass is 9.94. The van der Waals surface area contributed by atoms with Gasteiger partial charge in [-0.15, -0.1) is 0 Å². The monoisotopic (exact) mass is 501 g/mol. The molecule has 0 amide bonds. The summed E-state index contributed by atoms with van der Waals surface area (Å²) in [6, 6.07) is 16.1. The molecule has 2 aliphatic heterocycles. The Morgan fingerprint density at radius 2 is 1.86 bits per heavy atom. The third-order valence-electron chi connectivity index (χ3n) is 6.96. The fraction of sp³-hybridized carbons (Fsp3) is 0.414. The van der Waals surface area contributed by atoms with Crippen LogP contribution in [0.25, 0.3) is 11.3 Å². The van der Waals surface area contributed by atoms with Gasteiger partial charge in [-0.05, 0) is 68.7 Å². The van der Waals surface area contributed by atoms with Crippen LogP contribution in [-0.4, -0.2) is 54.2 Å². The summed E-state index contributed by atoms with van der Waals surface area (Å²) < 4.78 is 11.5. The summed E-state index contributed by atoms with van der Waals surface area (Å²) >= 11 is 0. The van der Waals surface area contributed by atoms with Crippen molar-refractivity contribution in [1.29, 1.82) is 0 Å². The highest BCUT2D eigenvalue weighted by Crippen LogP contribution is 2.29. The molecule has 0 spiro atoms. The molecule has 2 aromatic carbocycles. The minimum Gasteiger partial charge on any atom is -0.494 e. The van der Waals surface area contributed by atoms with Gasteiger partial charge in [-0.2, -0.15) is 0 Å². The van der Waals surface area contributed by atoms with Gasteiger partial charge in [-0.25, -0.2) is 9.97 Å². The Balaban J connectivity index is 1.49. The summed E-state index contributed by atoms with van der Waals surface area (Å²) in [6.45, 7) is 8.17. The van der Waals surface area contributed by atoms with Gasteiger partial charge in [0.25, 0.3) is 0 Å². The highest BCUT2D eigenvalue weighted by molar-refractivity contribution is 5.87. The molecule has 0 atom stereocenters. The van der Waals surface area contributed by atoms with Crippen LogP contribution in [0.3, 0.4) is 0 Å². The Labute approximate surface area is 218 Å². The predicted molar refractivity (Wildman–Crippen MR) is 145 cm³/mol. The van der Waals surface area contributed by atoms with Crippen LogP contribution in [0.5, 0.6) is 5.75 Å². The van der Waals surface area contributed by atoms with E-state index >= 15 is 0 Å². The van der Waals surface area contributed by atoms with Gasteiger partial charge in [0, 0.05) is 49.2 Å². The maximum atomic E-state index is 13.1. The summed E-state index contributed by atoms with van der Waals surface area (Å²) in [7, 11) is 0. The van der Waals surface area contributed by atoms with Gasteiger partial charge in [-0.1, -0.05) is 12.1 Å². The van der Waals surface area contributed by atoms with Gasteiger partial charge >= 0.3 is 0 Å². The lowest BCUT2D eigenvalue weighted by Gasteiger charge is -2.32. The Kier molecular flexibility index (Phi) is 7.67. The van der Waals surface area contributed by atoms with E-state index in [9.17, 15) is 4.79 Å². The van der Waals surface area contributed by atoms with Crippen molar-refractivity contribution in [2.24, 2.45) is 0 Å². The molecule has 2 N–H and O–H groups in total. The maximum Gasteiger partial charge on any atom is 0.227 e. The van der Waals surface area contributed by atoms with Crippen LogP contribution in [0, 0.1) is 0 Å². The first-order valence-corrected chi connectivity index (χ1v) is 13.1. The van der Waals surface area contributed by atoms with Crippen molar-refractivity contribution in [2.75, 3.05) is 43.1 Å². The van der Waals surface area contributed by atoms with Crippen molar-refractivity contribution in [2.45, 2.75) is 45.2 Å². The number of aromatic nitrogens is 2. The van der Waals surface area contributed by atoms with E-state index in [0.717, 1.165) is 59.9 Å². The molecule has 1 saturated heterocycles. The molecule has 8 nitrogen and oxygen atoms in total. The molecule has 0 unspecified atom stereocenters. The first kappa shape index (κ1) is 25.2. The molecule has 0 radical (unpaired) electrons. The average molecular weight is 502 g/mol. The van der Waals surface area contributed by atoms with Crippen molar-refractivity contribution < 1.29 is 14.3 Å². The van der Waals surface area contributed by atoms with Gasteiger partial charge in [0.05, 0.1) is 31.1 Å². The smallest absolute Gasteiger partial charge is 0.227 e. The normalized spacial score (nSPS) is 18.5. The van der Waals surface area contributed by atoms with E-state index in [-0.39, 0.29) is 5.78 Å². The quantitative estimate of drug-likeness (QED) is 0.495. The second-order valence-electron chi connectivity index (χ2n) is 10.1. The number of hydrogen-bond donors (Lipinski definition) is 2. The van der Waals surface area contributed by atoms with Crippen LogP contribution >= 0.6 is 0 Å². The number of nitrogens with zero attached hydrogens (tertiary/aromatic N) is 3. The molecule has 0 aliphatic carbocycles. The number of anilines is 3. The molecule has 2 aliphatic rings. The number of carbonyl (C=O) groups is 1. The van der Waals surface area contributed by atoms with Gasteiger partial charge in [0.2, 0.25) is 5.95 Å². The molecule has 3 aromatic rings. The highest BCUT2D eigenvalue weighted by Gasteiger charge is 2.27. The summed E-state index contributed by atoms with van der Waals surface area (Å²) in [5.41, 5.74) is 4.30. The zero-order valence-electron chi connectivity index (χ0n) is 21.6. The Hall–Kier alpha value is -3.49. The van der Waals surface area contributed by atoms with E-state index in [0.29, 0.717) is 38.7 Å². The zero-order valence-corrected chi connectivity index (χ0v) is 21.6. The number of carbonyl (C=O) groups excluding carboxylic acids is 1. The lowest BCUT2D eigenvalue weighted by Crippen LogP contribution is -2.46. The standard InChI is InChI=1S/C29H35N5O3/c1-29(2)27(35)8-3-4-15-37-24-7-5-6-21(19-24)25-11-12-30-28(33-25)32-23-9-10-26(22(18-23)20-31-29)34-13-16-36-17-14-34/h5-7,9-12,18-19,31H,3-4,8,13-17,20H2,1-2H3,(H,30,32,33). The number of fused-ring (bicyclic) bond motifs is 7. The van der Waals surface area contributed by atoms with Crippen molar-refractivity contribution in [3.8, 4) is 17.0 Å². The van der Waals surface area contributed by atoms with E-state index in [1.54, 1.807) is 6.20 Å². The number of nitrogens with one attached hydrogen (secondary N) is 2. The number of benzene rings is 2. The number of hydrogen-bond acceptors (Lipinski definition) is 8. The largest absolute Gasteiger partial charge is 0.494 e. The molecule has 37 heavy (non-hydrogen) atoms. The maximum absolute atomic E-state index is 13.1. The predicted octanol–water partition coefficient (Wildman–Crippen LogP) is 4.72. The van der Waals surface area contributed by atoms with Crippen molar-refractivity contribution in [3.63, 3.8) is 0 Å². The molecule has 6 bridgehead atoms. The molecule has 5 rings (SSSR count). The van der Waals surface area contributed by atoms with E-state index in [4.69, 9.17) is 14.5 Å². The van der Waals surface area contributed by atoms with Crippen LogP contribution in [0.4, 0.5) is 17.3 Å². The van der Waals surface area contributed by atoms with Crippen LogP contribution in [0.1, 0.15) is 38.7 Å². The SMILES string of the molecule is CC1(C)NCc2cc(ccc2N2CCOCC2)Nc2nccc(n2)-c2cccc(c2)OCCCCC1=O. The van der Waals surface area contributed by atoms with E-state index in [1.165, 1.54) is 0 Å². The topological polar surface area (TPSA) is 88.6 Å². The van der Waals surface area contributed by atoms with E-state index in [2.05, 4.69) is 38.7 Å². The number of ketones is 1. The van der Waals surface area contributed by atoms with Crippen molar-refractivity contribution in [3.05, 3.63) is 60.3 Å². The Bertz CT molecular complexity index is 1240. The molecule has 8 heteroatoms. The zero-order chi connectivity index (χ0) is 25.7. The number of rotatable bonds is 1. The summed E-state index contributed by atoms with van der Waals surface area (Å²) in [6.07, 6.45) is 3.89. The van der Waals surface area contributed by atoms with Gasteiger partial charge in [0.15, 0.2) is 5.78 Å². The summed E-state index contributed by atoms with van der Waals surface area (Å²) in [5.74, 6) is 1.52. The van der Waals surface area contributed by atoms with Crippen molar-refractivity contribution in [1.82, 2.24) is 15.3 Å². The van der Waals surface area contributed by atoms with Crippen LogP contribution in [0.15, 0.2) is 54.7 Å². The highest BCUT2D eigenvalue weighted by atomic mass is 16.5. The van der Waals surface area contributed by atoms with Crippen molar-refractivity contribution >= 4 is 23.1 Å². The first-order valence-electron chi connectivity index (χ1n) is 13.1. The fourth-order valence-electron chi connectivity index (χ4n) is 4.68. The Morgan fingerprint density at radius 3 is 2.73 bits per heavy atom. The molecule has 1 aromatic heterocycles. The molecular weight excluding hydrogens is 466 g/mol. The third kappa shape index (κ3) is 6.26. The van der Waals surface area contributed by atoms with Gasteiger partial charge < -0.3 is 25.0 Å². The third-order valence-corrected chi connectivity index (χ3v) is 6.96. The molecule has 0 saturated carbocycles. The lowest BCUT2D eigenvalue weighted by molar-refractivity contribution is -0.124. The molecular formula is C29H35N5O3. The van der Waals surface area contributed by atoms with Crippen LogP contribution in [-0.2, 0) is 16.1 Å². The second kappa shape index (κ2) is 11.3. The number of Topliss-reactive ketones (excluding diaryl/α,β-unsaturated/α-hetero) is 1.